The molecule has 2 N–H and O–H groups in total. The molecule has 0 aliphatic heterocycles. The molecular weight excluding hydrogens is 280 g/mol. The van der Waals surface area contributed by atoms with Gasteiger partial charge in [0.1, 0.15) is 17.8 Å². The fourth-order valence-electron chi connectivity index (χ4n) is 0.830. The van der Waals surface area contributed by atoms with E-state index in [0.717, 1.165) is 6.92 Å². The van der Waals surface area contributed by atoms with Crippen LogP contribution >= 0.6 is 0 Å². The number of rotatable bonds is 5. The highest BCUT2D eigenvalue weighted by atomic mass is 16.6. The predicted octanol–water partition coefficient (Wildman–Crippen LogP) is 1.73. The lowest BCUT2D eigenvalue weighted by Gasteiger charge is -2.19. The standard InChI is InChI=1S/C10H18O3.C4H6O4/c1-7(2)8(11)6-9(12)13-10(3,4)5;1-2(3(5)6)4(7)8/h7H,6H2,1-5H3;2H,1H3,(H,5,6)(H,7,8). The first-order valence-electron chi connectivity index (χ1n) is 6.48. The molecule has 0 aliphatic carbocycles. The molecule has 0 rings (SSSR count). The van der Waals surface area contributed by atoms with Crippen LogP contribution in [0.3, 0.4) is 0 Å². The predicted molar refractivity (Wildman–Crippen MR) is 74.7 cm³/mol. The minimum atomic E-state index is -1.31. The minimum absolute atomic E-state index is 0.0748. The van der Waals surface area contributed by atoms with Gasteiger partial charge in [-0.1, -0.05) is 13.8 Å². The summed E-state index contributed by atoms with van der Waals surface area (Å²) in [5, 5.41) is 15.9. The Bertz CT molecular complexity index is 377. The van der Waals surface area contributed by atoms with Crippen LogP contribution in [-0.2, 0) is 23.9 Å². The van der Waals surface area contributed by atoms with Crippen LogP contribution in [0.5, 0.6) is 0 Å². The topological polar surface area (TPSA) is 118 Å². The zero-order valence-corrected chi connectivity index (χ0v) is 13.3. The Morgan fingerprint density at radius 2 is 1.33 bits per heavy atom. The number of ketones is 1. The van der Waals surface area contributed by atoms with Crippen molar-refractivity contribution in [2.75, 3.05) is 0 Å². The summed E-state index contributed by atoms with van der Waals surface area (Å²) in [5.74, 6) is -4.53. The van der Waals surface area contributed by atoms with Gasteiger partial charge in [-0.25, -0.2) is 0 Å². The number of hydrogen-bond acceptors (Lipinski definition) is 5. The quantitative estimate of drug-likeness (QED) is 0.586. The molecule has 0 radical (unpaired) electrons. The van der Waals surface area contributed by atoms with Crippen LogP contribution in [0.2, 0.25) is 0 Å². The van der Waals surface area contributed by atoms with Crippen molar-refractivity contribution in [2.45, 2.75) is 53.6 Å². The Labute approximate surface area is 124 Å². The van der Waals surface area contributed by atoms with Crippen LogP contribution in [0.15, 0.2) is 0 Å². The molecule has 7 heteroatoms. The molecule has 0 aliphatic rings. The number of esters is 1. The molecule has 0 fully saturated rings. The first-order valence-corrected chi connectivity index (χ1v) is 6.48. The molecule has 0 atom stereocenters. The maximum Gasteiger partial charge on any atom is 0.317 e. The number of hydrogen-bond donors (Lipinski definition) is 2. The average molecular weight is 304 g/mol. The van der Waals surface area contributed by atoms with Gasteiger partial charge < -0.3 is 14.9 Å². The summed E-state index contributed by atoms with van der Waals surface area (Å²) in [7, 11) is 0. The van der Waals surface area contributed by atoms with Crippen molar-refractivity contribution in [3.8, 4) is 0 Å². The number of Topliss-reactive ketones (excluding diaryl/α,β-unsaturated/α-hetero) is 1. The van der Waals surface area contributed by atoms with Crippen LogP contribution in [0.25, 0.3) is 0 Å². The zero-order chi connectivity index (χ0) is 17.4. The maximum absolute atomic E-state index is 11.1. The maximum atomic E-state index is 11.1. The third kappa shape index (κ3) is 12.8. The van der Waals surface area contributed by atoms with Crippen molar-refractivity contribution in [1.29, 1.82) is 0 Å². The van der Waals surface area contributed by atoms with Gasteiger partial charge in [0, 0.05) is 5.92 Å². The van der Waals surface area contributed by atoms with Crippen molar-refractivity contribution in [1.82, 2.24) is 0 Å². The summed E-state index contributed by atoms with van der Waals surface area (Å²) < 4.78 is 5.00. The molecular formula is C14H24O7. The van der Waals surface area contributed by atoms with Gasteiger partial charge >= 0.3 is 17.9 Å². The number of carboxylic acid groups (broad SMARTS) is 2. The van der Waals surface area contributed by atoms with E-state index < -0.39 is 29.4 Å². The lowest BCUT2D eigenvalue weighted by Crippen LogP contribution is -2.26. The van der Waals surface area contributed by atoms with E-state index in [2.05, 4.69) is 0 Å². The van der Waals surface area contributed by atoms with Crippen molar-refractivity contribution in [2.24, 2.45) is 11.8 Å². The third-order valence-corrected chi connectivity index (χ3v) is 2.12. The van der Waals surface area contributed by atoms with Crippen molar-refractivity contribution >= 4 is 23.7 Å². The van der Waals surface area contributed by atoms with E-state index >= 15 is 0 Å². The van der Waals surface area contributed by atoms with Crippen LogP contribution < -0.4 is 0 Å². The molecule has 0 spiro atoms. The van der Waals surface area contributed by atoms with Crippen molar-refractivity contribution in [3.05, 3.63) is 0 Å². The molecule has 0 saturated heterocycles. The SMILES string of the molecule is CC(C(=O)O)C(=O)O.CC(C)C(=O)CC(=O)OC(C)(C)C. The van der Waals surface area contributed by atoms with E-state index in [1.54, 1.807) is 34.6 Å². The lowest BCUT2D eigenvalue weighted by atomic mass is 10.1. The Kier molecular flexibility index (Phi) is 9.26. The van der Waals surface area contributed by atoms with Gasteiger partial charge in [-0.2, -0.15) is 0 Å². The summed E-state index contributed by atoms with van der Waals surface area (Å²) in [6.45, 7) is 10.0. The summed E-state index contributed by atoms with van der Waals surface area (Å²) in [4.78, 5) is 41.8. The number of carbonyl (C=O) groups excluding carboxylic acids is 2. The van der Waals surface area contributed by atoms with E-state index in [1.165, 1.54) is 0 Å². The first kappa shape index (κ1) is 21.4. The van der Waals surface area contributed by atoms with E-state index in [-0.39, 0.29) is 18.1 Å². The molecule has 0 saturated carbocycles. The fourth-order valence-corrected chi connectivity index (χ4v) is 0.830. The highest BCUT2D eigenvalue weighted by molar-refractivity contribution is 5.96. The van der Waals surface area contributed by atoms with Gasteiger partial charge in [0.05, 0.1) is 0 Å². The number of aliphatic carboxylic acids is 2. The number of carbonyl (C=O) groups is 4. The van der Waals surface area contributed by atoms with E-state index in [1.807, 2.05) is 0 Å². The van der Waals surface area contributed by atoms with Crippen LogP contribution in [0.1, 0.15) is 48.0 Å². The molecule has 7 nitrogen and oxygen atoms in total. The Morgan fingerprint density at radius 1 is 0.952 bits per heavy atom. The molecule has 0 aromatic heterocycles. The molecule has 0 amide bonds. The second-order valence-corrected chi connectivity index (χ2v) is 5.78. The molecule has 0 unspecified atom stereocenters. The lowest BCUT2D eigenvalue weighted by molar-refractivity contribution is -0.157. The van der Waals surface area contributed by atoms with E-state index in [0.29, 0.717) is 0 Å². The number of ether oxygens (including phenoxy) is 1. The Morgan fingerprint density at radius 3 is 1.52 bits per heavy atom. The van der Waals surface area contributed by atoms with Gasteiger partial charge in [0.25, 0.3) is 0 Å². The fraction of sp³-hybridized carbons (Fsp3) is 0.714. The largest absolute Gasteiger partial charge is 0.481 e. The molecule has 21 heavy (non-hydrogen) atoms. The zero-order valence-electron chi connectivity index (χ0n) is 13.3. The van der Waals surface area contributed by atoms with Gasteiger partial charge in [-0.3, -0.25) is 19.2 Å². The smallest absolute Gasteiger partial charge is 0.317 e. The molecule has 0 aromatic rings. The van der Waals surface area contributed by atoms with Gasteiger partial charge in [0.15, 0.2) is 5.92 Å². The Balaban J connectivity index is 0. The summed E-state index contributed by atoms with van der Waals surface area (Å²) in [6, 6.07) is 0. The third-order valence-electron chi connectivity index (χ3n) is 2.12. The van der Waals surface area contributed by atoms with Gasteiger partial charge in [-0.15, -0.1) is 0 Å². The molecule has 122 valence electrons. The molecule has 0 aromatic carbocycles. The average Bonchev–Trinajstić information content (AvgIpc) is 2.25. The summed E-state index contributed by atoms with van der Waals surface area (Å²) >= 11 is 0. The second kappa shape index (κ2) is 9.10. The number of carboxylic acids is 2. The summed E-state index contributed by atoms with van der Waals surface area (Å²) in [5.41, 5.74) is -0.506. The summed E-state index contributed by atoms with van der Waals surface area (Å²) in [6.07, 6.45) is -0.116. The molecule has 0 bridgehead atoms. The highest BCUT2D eigenvalue weighted by Crippen LogP contribution is 2.09. The van der Waals surface area contributed by atoms with Gasteiger partial charge in [-0.05, 0) is 27.7 Å². The van der Waals surface area contributed by atoms with Crippen molar-refractivity contribution < 1.29 is 34.1 Å². The Hall–Kier alpha value is -1.92. The first-order chi connectivity index (χ1) is 9.27. The van der Waals surface area contributed by atoms with Gasteiger partial charge in [0.2, 0.25) is 0 Å². The van der Waals surface area contributed by atoms with Crippen LogP contribution in [0.4, 0.5) is 0 Å². The molecule has 0 heterocycles. The minimum Gasteiger partial charge on any atom is -0.481 e. The highest BCUT2D eigenvalue weighted by Gasteiger charge is 2.20. The normalized spacial score (nSPS) is 10.7. The van der Waals surface area contributed by atoms with E-state index in [9.17, 15) is 19.2 Å². The van der Waals surface area contributed by atoms with Crippen molar-refractivity contribution in [3.63, 3.8) is 0 Å². The monoisotopic (exact) mass is 304 g/mol. The van der Waals surface area contributed by atoms with E-state index in [4.69, 9.17) is 14.9 Å². The van der Waals surface area contributed by atoms with Crippen LogP contribution in [-0.4, -0.2) is 39.5 Å². The van der Waals surface area contributed by atoms with Crippen LogP contribution in [0, 0.1) is 11.8 Å². The second-order valence-electron chi connectivity index (χ2n) is 5.78.